The summed E-state index contributed by atoms with van der Waals surface area (Å²) in [5.41, 5.74) is 10.1. The van der Waals surface area contributed by atoms with Crippen LogP contribution in [-0.4, -0.2) is 0 Å². The Bertz CT molecular complexity index is 1730. The fourth-order valence-corrected chi connectivity index (χ4v) is 5.45. The lowest BCUT2D eigenvalue weighted by Gasteiger charge is -2.18. The predicted octanol–water partition coefficient (Wildman–Crippen LogP) is 10.8. The van der Waals surface area contributed by atoms with E-state index >= 15 is 0 Å². The summed E-state index contributed by atoms with van der Waals surface area (Å²) in [6, 6.07) is 47.9. The third-order valence-corrected chi connectivity index (χ3v) is 7.42. The maximum Gasteiger partial charge on any atom is -0.00264 e. The van der Waals surface area contributed by atoms with Crippen LogP contribution in [0.4, 0.5) is 0 Å². The van der Waals surface area contributed by atoms with E-state index in [1.807, 2.05) is 0 Å². The summed E-state index contributed by atoms with van der Waals surface area (Å²) in [5, 5.41) is 5.14. The quantitative estimate of drug-likeness (QED) is 0.168. The van der Waals surface area contributed by atoms with Crippen LogP contribution in [0, 0.1) is 0 Å². The zero-order valence-corrected chi connectivity index (χ0v) is 21.9. The molecule has 6 aromatic rings. The topological polar surface area (TPSA) is 0 Å². The molecule has 0 spiro atoms. The highest BCUT2D eigenvalue weighted by Gasteiger charge is 2.16. The average Bonchev–Trinajstić information content (AvgIpc) is 2.99. The highest BCUT2D eigenvalue weighted by atomic mass is 14.2. The van der Waals surface area contributed by atoms with E-state index < -0.39 is 0 Å². The van der Waals surface area contributed by atoms with Crippen molar-refractivity contribution >= 4 is 32.7 Å². The van der Waals surface area contributed by atoms with Gasteiger partial charge in [0.15, 0.2) is 0 Å². The van der Waals surface area contributed by atoms with Crippen molar-refractivity contribution in [2.75, 3.05) is 0 Å². The molecule has 0 aliphatic rings. The second kappa shape index (κ2) is 10.4. The highest BCUT2D eigenvalue weighted by molar-refractivity contribution is 6.18. The minimum absolute atomic E-state index is 1.24. The first-order valence-electron chi connectivity index (χ1n) is 13.2. The number of hydrogen-bond donors (Lipinski definition) is 0. The predicted molar refractivity (Wildman–Crippen MR) is 166 cm³/mol. The van der Waals surface area contributed by atoms with Crippen LogP contribution in [-0.2, 0) is 0 Å². The van der Waals surface area contributed by atoms with Crippen LogP contribution in [0.2, 0.25) is 0 Å². The minimum Gasteiger partial charge on any atom is -0.0622 e. The van der Waals surface area contributed by atoms with Crippen molar-refractivity contribution in [1.29, 1.82) is 0 Å². The van der Waals surface area contributed by atoms with Gasteiger partial charge in [-0.3, -0.25) is 0 Å². The van der Waals surface area contributed by atoms with Gasteiger partial charge in [0.2, 0.25) is 0 Å². The van der Waals surface area contributed by atoms with E-state index in [2.05, 4.69) is 159 Å². The number of allylic oxidation sites excluding steroid dienone is 4. The van der Waals surface area contributed by atoms with E-state index in [0.717, 1.165) is 0 Å². The maximum atomic E-state index is 2.27. The van der Waals surface area contributed by atoms with Crippen molar-refractivity contribution in [1.82, 2.24) is 0 Å². The van der Waals surface area contributed by atoms with Gasteiger partial charge in [0.1, 0.15) is 0 Å². The summed E-state index contributed by atoms with van der Waals surface area (Å²) in [6.45, 7) is 4.41. The molecule has 0 N–H and O–H groups in total. The second-order valence-corrected chi connectivity index (χ2v) is 9.85. The fraction of sp³-hybridized carbons (Fsp3) is 0.0526. The Hall–Kier alpha value is -4.68. The molecule has 0 aliphatic carbocycles. The lowest BCUT2D eigenvalue weighted by atomic mass is 9.85. The van der Waals surface area contributed by atoms with Gasteiger partial charge in [0, 0.05) is 0 Å². The van der Waals surface area contributed by atoms with Crippen LogP contribution in [0.1, 0.15) is 25.0 Å². The number of benzene rings is 6. The van der Waals surface area contributed by atoms with Gasteiger partial charge in [-0.15, -0.1) is 0 Å². The van der Waals surface area contributed by atoms with Gasteiger partial charge in [-0.1, -0.05) is 146 Å². The molecule has 0 heteroatoms. The molecule has 38 heavy (non-hydrogen) atoms. The molecule has 0 radical (unpaired) electrons. The van der Waals surface area contributed by atoms with Crippen molar-refractivity contribution in [3.8, 4) is 22.3 Å². The molecule has 0 atom stereocenters. The van der Waals surface area contributed by atoms with Crippen LogP contribution < -0.4 is 0 Å². The Kier molecular flexibility index (Phi) is 6.46. The molecule has 0 saturated heterocycles. The standard InChI is InChI=1S/C38H30/c1-27(29-13-5-3-6-14-29)21-22-28(2)37-33-17-9-11-19-35(33)38(36-20-12-10-18-34(36)37)32-25-23-31(24-26-32)30-15-7-4-8-16-30/h3-26H,1-2H3/b27-21+,28-22+. The smallest absolute Gasteiger partial charge is 0.00264 e. The third kappa shape index (κ3) is 4.46. The van der Waals surface area contributed by atoms with E-state index in [0.29, 0.717) is 0 Å². The van der Waals surface area contributed by atoms with E-state index in [-0.39, 0.29) is 0 Å². The molecule has 0 amide bonds. The van der Waals surface area contributed by atoms with E-state index in [1.165, 1.54) is 66.1 Å². The molecule has 0 nitrogen and oxygen atoms in total. The Morgan fingerprint density at radius 1 is 0.395 bits per heavy atom. The number of fused-ring (bicyclic) bond motifs is 2. The van der Waals surface area contributed by atoms with Crippen LogP contribution in [0.25, 0.3) is 54.9 Å². The first-order chi connectivity index (χ1) is 18.7. The van der Waals surface area contributed by atoms with Crippen molar-refractivity contribution in [3.05, 3.63) is 157 Å². The van der Waals surface area contributed by atoms with Gasteiger partial charge >= 0.3 is 0 Å². The van der Waals surface area contributed by atoms with Crippen LogP contribution in [0.3, 0.4) is 0 Å². The van der Waals surface area contributed by atoms with Crippen molar-refractivity contribution < 1.29 is 0 Å². The van der Waals surface area contributed by atoms with Crippen LogP contribution >= 0.6 is 0 Å². The molecule has 0 fully saturated rings. The van der Waals surface area contributed by atoms with Gasteiger partial charge in [-0.25, -0.2) is 0 Å². The first kappa shape index (κ1) is 23.7. The molecule has 0 bridgehead atoms. The van der Waals surface area contributed by atoms with Crippen molar-refractivity contribution in [2.24, 2.45) is 0 Å². The highest BCUT2D eigenvalue weighted by Crippen LogP contribution is 2.42. The third-order valence-electron chi connectivity index (χ3n) is 7.42. The second-order valence-electron chi connectivity index (χ2n) is 9.85. The molecular formula is C38H30. The zero-order chi connectivity index (χ0) is 25.9. The van der Waals surface area contributed by atoms with Gasteiger partial charge in [0.05, 0.1) is 0 Å². The maximum absolute atomic E-state index is 2.27. The molecule has 0 unspecified atom stereocenters. The normalized spacial score (nSPS) is 12.3. The first-order valence-corrected chi connectivity index (χ1v) is 13.2. The number of rotatable bonds is 5. The summed E-state index contributed by atoms with van der Waals surface area (Å²) < 4.78 is 0. The molecule has 6 rings (SSSR count). The van der Waals surface area contributed by atoms with Gasteiger partial charge < -0.3 is 0 Å². The lowest BCUT2D eigenvalue weighted by Crippen LogP contribution is -1.92. The van der Waals surface area contributed by atoms with Crippen molar-refractivity contribution in [2.45, 2.75) is 13.8 Å². The van der Waals surface area contributed by atoms with Crippen LogP contribution in [0.5, 0.6) is 0 Å². The zero-order valence-electron chi connectivity index (χ0n) is 21.9. The summed E-state index contributed by atoms with van der Waals surface area (Å²) in [7, 11) is 0. The van der Waals surface area contributed by atoms with Gasteiger partial charge in [-0.2, -0.15) is 0 Å². The molecular weight excluding hydrogens is 456 g/mol. The summed E-state index contributed by atoms with van der Waals surface area (Å²) in [5.74, 6) is 0. The Labute approximate surface area is 225 Å². The van der Waals surface area contributed by atoms with Gasteiger partial charge in [-0.05, 0) is 79.9 Å². The molecule has 6 aromatic carbocycles. The van der Waals surface area contributed by atoms with E-state index in [9.17, 15) is 0 Å². The molecule has 0 aromatic heterocycles. The van der Waals surface area contributed by atoms with Gasteiger partial charge in [0.25, 0.3) is 0 Å². The SMILES string of the molecule is C/C(=C\C=C(/C)c1c2ccccc2c(-c2ccc(-c3ccccc3)cc2)c2ccccc12)c1ccccc1. The van der Waals surface area contributed by atoms with E-state index in [1.54, 1.807) is 0 Å². The Balaban J connectivity index is 1.53. The Morgan fingerprint density at radius 2 is 0.816 bits per heavy atom. The lowest BCUT2D eigenvalue weighted by molar-refractivity contribution is 1.56. The molecule has 0 saturated carbocycles. The fourth-order valence-electron chi connectivity index (χ4n) is 5.45. The largest absolute Gasteiger partial charge is 0.0622 e. The molecule has 182 valence electrons. The monoisotopic (exact) mass is 486 g/mol. The molecule has 0 aliphatic heterocycles. The Morgan fingerprint density at radius 3 is 1.39 bits per heavy atom. The minimum atomic E-state index is 1.24. The van der Waals surface area contributed by atoms with Crippen LogP contribution in [0.15, 0.2) is 146 Å². The summed E-state index contributed by atoms with van der Waals surface area (Å²) >= 11 is 0. The average molecular weight is 487 g/mol. The summed E-state index contributed by atoms with van der Waals surface area (Å²) in [6.07, 6.45) is 4.51. The molecule has 0 heterocycles. The van der Waals surface area contributed by atoms with Crippen molar-refractivity contribution in [3.63, 3.8) is 0 Å². The summed E-state index contributed by atoms with van der Waals surface area (Å²) in [4.78, 5) is 0. The number of hydrogen-bond acceptors (Lipinski definition) is 0. The van der Waals surface area contributed by atoms with E-state index in [4.69, 9.17) is 0 Å².